The minimum Gasteiger partial charge on any atom is -0.370 e. The zero-order valence-electron chi connectivity index (χ0n) is 17.7. The first kappa shape index (κ1) is 21.6. The number of nitrogens with zero attached hydrogens (tertiary/aromatic N) is 3. The van der Waals surface area contributed by atoms with Crippen LogP contribution in [0.25, 0.3) is 0 Å². The minimum atomic E-state index is -0.345. The van der Waals surface area contributed by atoms with Gasteiger partial charge in [-0.2, -0.15) is 0 Å². The van der Waals surface area contributed by atoms with Gasteiger partial charge >= 0.3 is 0 Å². The molecule has 3 rings (SSSR count). The SMILES string of the molecule is CCN(CCNC(=O)C1CCN(c2ccccc2[N+](=O)[O-])CC1)c1ccccc1C. The van der Waals surface area contributed by atoms with Crippen molar-refractivity contribution in [2.75, 3.05) is 42.5 Å². The summed E-state index contributed by atoms with van der Waals surface area (Å²) in [5.41, 5.74) is 3.19. The number of hydrogen-bond donors (Lipinski definition) is 1. The fourth-order valence-corrected chi connectivity index (χ4v) is 4.09. The number of benzene rings is 2. The maximum Gasteiger partial charge on any atom is 0.292 e. The predicted octanol–water partition coefficient (Wildman–Crippen LogP) is 3.76. The summed E-state index contributed by atoms with van der Waals surface area (Å²) in [5, 5.41) is 14.4. The second-order valence-electron chi connectivity index (χ2n) is 7.66. The molecule has 160 valence electrons. The largest absolute Gasteiger partial charge is 0.370 e. The molecular weight excluding hydrogens is 380 g/mol. The van der Waals surface area contributed by atoms with E-state index in [0.717, 1.165) is 13.1 Å². The molecule has 0 aromatic heterocycles. The Bertz CT molecular complexity index is 878. The fraction of sp³-hybridized carbons (Fsp3) is 0.435. The molecule has 0 radical (unpaired) electrons. The Hall–Kier alpha value is -3.09. The molecule has 1 saturated heterocycles. The van der Waals surface area contributed by atoms with Crippen LogP contribution < -0.4 is 15.1 Å². The summed E-state index contributed by atoms with van der Waals surface area (Å²) in [4.78, 5) is 27.8. The maximum absolute atomic E-state index is 12.6. The average Bonchev–Trinajstić information content (AvgIpc) is 2.77. The van der Waals surface area contributed by atoms with E-state index in [1.165, 1.54) is 17.3 Å². The van der Waals surface area contributed by atoms with E-state index in [2.05, 4.69) is 36.2 Å². The predicted molar refractivity (Wildman–Crippen MR) is 120 cm³/mol. The van der Waals surface area contributed by atoms with Gasteiger partial charge in [0.05, 0.1) is 4.92 Å². The highest BCUT2D eigenvalue weighted by Gasteiger charge is 2.28. The standard InChI is InChI=1S/C23H30N4O3/c1-3-25(20-9-5-4-8-18(20)2)17-14-24-23(28)19-12-15-26(16-13-19)21-10-6-7-11-22(21)27(29)30/h4-11,19H,3,12-17H2,1-2H3,(H,24,28). The molecule has 1 N–H and O–H groups in total. The van der Waals surface area contributed by atoms with E-state index >= 15 is 0 Å². The van der Waals surface area contributed by atoms with Gasteiger partial charge in [-0.1, -0.05) is 30.3 Å². The first-order valence-corrected chi connectivity index (χ1v) is 10.6. The van der Waals surface area contributed by atoms with Crippen molar-refractivity contribution in [3.63, 3.8) is 0 Å². The van der Waals surface area contributed by atoms with Crippen LogP contribution in [-0.4, -0.2) is 43.6 Å². The third-order valence-electron chi connectivity index (χ3n) is 5.80. The third-order valence-corrected chi connectivity index (χ3v) is 5.80. The van der Waals surface area contributed by atoms with Crippen molar-refractivity contribution < 1.29 is 9.72 Å². The van der Waals surface area contributed by atoms with Crippen LogP contribution in [0.5, 0.6) is 0 Å². The van der Waals surface area contributed by atoms with Crippen LogP contribution >= 0.6 is 0 Å². The number of likely N-dealkylation sites (N-methyl/N-ethyl adjacent to an activating group) is 1. The van der Waals surface area contributed by atoms with Crippen molar-refractivity contribution in [2.24, 2.45) is 5.92 Å². The van der Waals surface area contributed by atoms with E-state index in [0.29, 0.717) is 38.2 Å². The molecule has 0 unspecified atom stereocenters. The molecule has 1 heterocycles. The van der Waals surface area contributed by atoms with Gasteiger partial charge in [0.1, 0.15) is 5.69 Å². The molecule has 0 atom stereocenters. The van der Waals surface area contributed by atoms with Crippen molar-refractivity contribution in [3.8, 4) is 0 Å². The molecule has 0 saturated carbocycles. The molecule has 0 spiro atoms. The smallest absolute Gasteiger partial charge is 0.292 e. The van der Waals surface area contributed by atoms with Gasteiger partial charge < -0.3 is 15.1 Å². The number of nitrogens with one attached hydrogen (secondary N) is 1. The Morgan fingerprint density at radius 2 is 1.83 bits per heavy atom. The summed E-state index contributed by atoms with van der Waals surface area (Å²) in [6.07, 6.45) is 1.40. The number of carbonyl (C=O) groups is 1. The van der Waals surface area contributed by atoms with E-state index in [1.54, 1.807) is 12.1 Å². The summed E-state index contributed by atoms with van der Waals surface area (Å²) in [5.74, 6) is 0.0376. The molecule has 7 heteroatoms. The Balaban J connectivity index is 1.49. The molecule has 0 aliphatic carbocycles. The van der Waals surface area contributed by atoms with Crippen LogP contribution in [0.2, 0.25) is 0 Å². The topological polar surface area (TPSA) is 78.7 Å². The number of rotatable bonds is 8. The quantitative estimate of drug-likeness (QED) is 0.529. The molecule has 30 heavy (non-hydrogen) atoms. The second kappa shape index (κ2) is 10.1. The number of piperidine rings is 1. The van der Waals surface area contributed by atoms with E-state index in [4.69, 9.17) is 0 Å². The van der Waals surface area contributed by atoms with Gasteiger partial charge in [0, 0.05) is 50.4 Å². The molecule has 1 amide bonds. The molecule has 1 aliphatic heterocycles. The zero-order valence-corrected chi connectivity index (χ0v) is 17.7. The van der Waals surface area contributed by atoms with Gasteiger partial charge in [-0.25, -0.2) is 0 Å². The van der Waals surface area contributed by atoms with Crippen molar-refractivity contribution in [2.45, 2.75) is 26.7 Å². The summed E-state index contributed by atoms with van der Waals surface area (Å²) in [7, 11) is 0. The normalized spacial score (nSPS) is 14.4. The molecule has 1 aliphatic rings. The Labute approximate surface area is 177 Å². The van der Waals surface area contributed by atoms with Gasteiger partial charge in [-0.05, 0) is 44.4 Å². The summed E-state index contributed by atoms with van der Waals surface area (Å²) in [6.45, 7) is 7.76. The number of aryl methyl sites for hydroxylation is 1. The van der Waals surface area contributed by atoms with E-state index in [1.807, 2.05) is 23.1 Å². The molecular formula is C23H30N4O3. The Morgan fingerprint density at radius 3 is 2.50 bits per heavy atom. The lowest BCUT2D eigenvalue weighted by molar-refractivity contribution is -0.384. The fourth-order valence-electron chi connectivity index (χ4n) is 4.09. The van der Waals surface area contributed by atoms with Crippen LogP contribution in [0.3, 0.4) is 0 Å². The number of amides is 1. The number of para-hydroxylation sites is 3. The number of hydrogen-bond acceptors (Lipinski definition) is 5. The molecule has 2 aromatic carbocycles. The highest BCUT2D eigenvalue weighted by atomic mass is 16.6. The summed E-state index contributed by atoms with van der Waals surface area (Å²) >= 11 is 0. The lowest BCUT2D eigenvalue weighted by atomic mass is 9.95. The first-order valence-electron chi connectivity index (χ1n) is 10.6. The number of carbonyl (C=O) groups excluding carboxylic acids is 1. The highest BCUT2D eigenvalue weighted by Crippen LogP contribution is 2.31. The van der Waals surface area contributed by atoms with Gasteiger partial charge in [0.15, 0.2) is 0 Å². The van der Waals surface area contributed by atoms with Gasteiger partial charge in [-0.3, -0.25) is 14.9 Å². The third kappa shape index (κ3) is 5.09. The van der Waals surface area contributed by atoms with Gasteiger partial charge in [-0.15, -0.1) is 0 Å². The highest BCUT2D eigenvalue weighted by molar-refractivity contribution is 5.79. The van der Waals surface area contributed by atoms with Crippen LogP contribution in [-0.2, 0) is 4.79 Å². The summed E-state index contributed by atoms with van der Waals surface area (Å²) < 4.78 is 0. The molecule has 7 nitrogen and oxygen atoms in total. The van der Waals surface area contributed by atoms with Gasteiger partial charge in [0.25, 0.3) is 5.69 Å². The van der Waals surface area contributed by atoms with Crippen LogP contribution in [0, 0.1) is 23.0 Å². The van der Waals surface area contributed by atoms with Gasteiger partial charge in [0.2, 0.25) is 5.91 Å². The summed E-state index contributed by atoms with van der Waals surface area (Å²) in [6, 6.07) is 15.1. The second-order valence-corrected chi connectivity index (χ2v) is 7.66. The first-order chi connectivity index (χ1) is 14.5. The molecule has 2 aromatic rings. The van der Waals surface area contributed by atoms with Crippen molar-refractivity contribution in [1.82, 2.24) is 5.32 Å². The zero-order chi connectivity index (χ0) is 21.5. The average molecular weight is 411 g/mol. The molecule has 0 bridgehead atoms. The number of nitro benzene ring substituents is 1. The van der Waals surface area contributed by atoms with Crippen molar-refractivity contribution >= 4 is 23.0 Å². The lowest BCUT2D eigenvalue weighted by Gasteiger charge is -2.33. The number of nitro groups is 1. The van der Waals surface area contributed by atoms with E-state index < -0.39 is 0 Å². The monoisotopic (exact) mass is 410 g/mol. The Morgan fingerprint density at radius 1 is 1.17 bits per heavy atom. The van der Waals surface area contributed by atoms with Crippen molar-refractivity contribution in [3.05, 3.63) is 64.2 Å². The van der Waals surface area contributed by atoms with Crippen LogP contribution in [0.15, 0.2) is 48.5 Å². The Kier molecular flexibility index (Phi) is 7.27. The van der Waals surface area contributed by atoms with E-state index in [-0.39, 0.29) is 22.4 Å². The molecule has 1 fully saturated rings. The van der Waals surface area contributed by atoms with Crippen molar-refractivity contribution in [1.29, 1.82) is 0 Å². The van der Waals surface area contributed by atoms with E-state index in [9.17, 15) is 14.9 Å². The minimum absolute atomic E-state index is 0.0439. The number of anilines is 2. The lowest BCUT2D eigenvalue weighted by Crippen LogP contribution is -2.43. The van der Waals surface area contributed by atoms with Crippen LogP contribution in [0.1, 0.15) is 25.3 Å². The van der Waals surface area contributed by atoms with Crippen LogP contribution in [0.4, 0.5) is 17.1 Å². The maximum atomic E-state index is 12.6.